The molecule has 0 bridgehead atoms. The quantitative estimate of drug-likeness (QED) is 0.904. The molecule has 1 aliphatic rings. The average Bonchev–Trinajstić information content (AvgIpc) is 3.06. The molecule has 0 saturated carbocycles. The van der Waals surface area contributed by atoms with Gasteiger partial charge >= 0.3 is 5.97 Å². The van der Waals surface area contributed by atoms with E-state index in [0.717, 1.165) is 15.8 Å². The Morgan fingerprint density at radius 3 is 3.00 bits per heavy atom. The van der Waals surface area contributed by atoms with E-state index in [1.165, 1.54) is 6.07 Å². The van der Waals surface area contributed by atoms with Crippen LogP contribution in [0.25, 0.3) is 10.2 Å². The molecular weight excluding hydrogens is 302 g/mol. The molecule has 0 amide bonds. The molecule has 0 aliphatic carbocycles. The normalized spacial score (nSPS) is 20.5. The van der Waals surface area contributed by atoms with Gasteiger partial charge in [0, 0.05) is 6.54 Å². The number of sulfonamides is 1. The second-order valence-corrected chi connectivity index (χ2v) is 7.13. The zero-order valence-electron chi connectivity index (χ0n) is 10.3. The smallest absolute Gasteiger partial charge is 0.322 e. The Morgan fingerprint density at radius 1 is 1.45 bits per heavy atom. The molecule has 1 N–H and O–H groups in total. The van der Waals surface area contributed by atoms with Gasteiger partial charge in [0.05, 0.1) is 4.70 Å². The zero-order chi connectivity index (χ0) is 14.3. The van der Waals surface area contributed by atoms with Crippen LogP contribution in [0.5, 0.6) is 0 Å². The summed E-state index contributed by atoms with van der Waals surface area (Å²) < 4.78 is 30.8. The summed E-state index contributed by atoms with van der Waals surface area (Å²) >= 11 is 1.11. The number of hydrogen-bond donors (Lipinski definition) is 1. The lowest BCUT2D eigenvalue weighted by Crippen LogP contribution is -2.40. The van der Waals surface area contributed by atoms with Crippen molar-refractivity contribution in [2.45, 2.75) is 23.8 Å². The first-order chi connectivity index (χ1) is 9.51. The molecule has 20 heavy (non-hydrogen) atoms. The minimum absolute atomic E-state index is 0.0249. The standard InChI is InChI=1S/C11H11N3O4S2/c15-11(16)7-3-2-6-14(7)20(17,18)9-5-1-4-8-10(9)12-13-19-8/h1,4-5,7H,2-3,6H2,(H,15,16)/t7-/m0/s1. The summed E-state index contributed by atoms with van der Waals surface area (Å²) in [7, 11) is -3.87. The van der Waals surface area contributed by atoms with E-state index in [2.05, 4.69) is 9.59 Å². The average molecular weight is 313 g/mol. The summed E-state index contributed by atoms with van der Waals surface area (Å²) in [6.07, 6.45) is 0.876. The van der Waals surface area contributed by atoms with E-state index in [4.69, 9.17) is 5.11 Å². The van der Waals surface area contributed by atoms with Crippen LogP contribution in [0, 0.1) is 0 Å². The Morgan fingerprint density at radius 2 is 2.25 bits per heavy atom. The molecule has 7 nitrogen and oxygen atoms in total. The number of carboxylic acid groups (broad SMARTS) is 1. The largest absolute Gasteiger partial charge is 0.480 e. The molecule has 0 spiro atoms. The molecule has 9 heteroatoms. The number of nitrogens with zero attached hydrogens (tertiary/aromatic N) is 3. The minimum Gasteiger partial charge on any atom is -0.480 e. The molecule has 1 fully saturated rings. The fraction of sp³-hybridized carbons (Fsp3) is 0.364. The van der Waals surface area contributed by atoms with Gasteiger partial charge in [-0.15, -0.1) is 5.10 Å². The third kappa shape index (κ3) is 1.98. The maximum Gasteiger partial charge on any atom is 0.322 e. The topological polar surface area (TPSA) is 100 Å². The predicted molar refractivity (Wildman–Crippen MR) is 72.0 cm³/mol. The predicted octanol–water partition coefficient (Wildman–Crippen LogP) is 0.929. The number of hydrogen-bond acceptors (Lipinski definition) is 6. The second kappa shape index (κ2) is 4.76. The number of fused-ring (bicyclic) bond motifs is 1. The lowest BCUT2D eigenvalue weighted by Gasteiger charge is -2.20. The van der Waals surface area contributed by atoms with E-state index in [1.807, 2.05) is 0 Å². The van der Waals surface area contributed by atoms with Gasteiger partial charge in [0.2, 0.25) is 10.0 Å². The van der Waals surface area contributed by atoms with Crippen LogP contribution in [0.1, 0.15) is 12.8 Å². The number of aliphatic carboxylic acids is 1. The number of benzene rings is 1. The van der Waals surface area contributed by atoms with Gasteiger partial charge in [0.1, 0.15) is 16.5 Å². The molecule has 1 saturated heterocycles. The first-order valence-corrected chi connectivity index (χ1v) is 8.19. The van der Waals surface area contributed by atoms with Crippen molar-refractivity contribution in [3.05, 3.63) is 18.2 Å². The monoisotopic (exact) mass is 313 g/mol. The zero-order valence-corrected chi connectivity index (χ0v) is 11.9. The SMILES string of the molecule is O=C(O)[C@@H]1CCCN1S(=O)(=O)c1cccc2snnc12. The third-order valence-electron chi connectivity index (χ3n) is 3.32. The molecule has 0 radical (unpaired) electrons. The van der Waals surface area contributed by atoms with Gasteiger partial charge < -0.3 is 5.11 Å². The highest BCUT2D eigenvalue weighted by atomic mass is 32.2. The lowest BCUT2D eigenvalue weighted by atomic mass is 10.2. The summed E-state index contributed by atoms with van der Waals surface area (Å²) in [6, 6.07) is 3.79. The fourth-order valence-electron chi connectivity index (χ4n) is 2.39. The van der Waals surface area contributed by atoms with Crippen LogP contribution in [0.15, 0.2) is 23.1 Å². The van der Waals surface area contributed by atoms with Crippen LogP contribution in [0.4, 0.5) is 0 Å². The first kappa shape index (κ1) is 13.4. The summed E-state index contributed by atoms with van der Waals surface area (Å²) in [6.45, 7) is 0.216. The van der Waals surface area contributed by atoms with Crippen molar-refractivity contribution in [2.24, 2.45) is 0 Å². The maximum absolute atomic E-state index is 12.7. The molecule has 2 heterocycles. The fourth-order valence-corrected chi connectivity index (χ4v) is 4.84. The van der Waals surface area contributed by atoms with Crippen LogP contribution in [0.2, 0.25) is 0 Å². The number of rotatable bonds is 3. The molecule has 3 rings (SSSR count). The van der Waals surface area contributed by atoms with Crippen molar-refractivity contribution >= 4 is 37.7 Å². The summed E-state index contributed by atoms with van der Waals surface area (Å²) in [5, 5.41) is 13.0. The molecule has 106 valence electrons. The summed E-state index contributed by atoms with van der Waals surface area (Å²) in [5.74, 6) is -1.12. The molecule has 1 atom stereocenters. The van der Waals surface area contributed by atoms with E-state index >= 15 is 0 Å². The van der Waals surface area contributed by atoms with E-state index in [9.17, 15) is 13.2 Å². The molecule has 1 aromatic carbocycles. The van der Waals surface area contributed by atoms with Crippen molar-refractivity contribution in [3.8, 4) is 0 Å². The van der Waals surface area contributed by atoms with Gasteiger partial charge in [-0.1, -0.05) is 10.6 Å². The number of carbonyl (C=O) groups is 1. The van der Waals surface area contributed by atoms with Gasteiger partial charge in [0.25, 0.3) is 0 Å². The highest BCUT2D eigenvalue weighted by Crippen LogP contribution is 2.30. The maximum atomic E-state index is 12.7. The minimum atomic E-state index is -3.87. The van der Waals surface area contributed by atoms with Crippen LogP contribution < -0.4 is 0 Å². The van der Waals surface area contributed by atoms with Gasteiger partial charge in [-0.2, -0.15) is 4.31 Å². The van der Waals surface area contributed by atoms with Crippen LogP contribution >= 0.6 is 11.5 Å². The van der Waals surface area contributed by atoms with Crippen molar-refractivity contribution in [2.75, 3.05) is 6.54 Å². The van der Waals surface area contributed by atoms with E-state index in [1.54, 1.807) is 12.1 Å². The molecule has 2 aromatic rings. The van der Waals surface area contributed by atoms with Crippen LogP contribution in [-0.4, -0.2) is 46.0 Å². The number of aromatic nitrogens is 2. The van der Waals surface area contributed by atoms with Gasteiger partial charge in [-0.25, -0.2) is 8.42 Å². The first-order valence-electron chi connectivity index (χ1n) is 5.97. The van der Waals surface area contributed by atoms with Crippen LogP contribution in [-0.2, 0) is 14.8 Å². The Labute approximate surface area is 119 Å². The van der Waals surface area contributed by atoms with E-state index in [-0.39, 0.29) is 11.4 Å². The highest BCUT2D eigenvalue weighted by molar-refractivity contribution is 7.89. The van der Waals surface area contributed by atoms with Gasteiger partial charge in [-0.05, 0) is 36.5 Å². The number of carboxylic acids is 1. The Kier molecular flexibility index (Phi) is 3.19. The van der Waals surface area contributed by atoms with Crippen LogP contribution in [0.3, 0.4) is 0 Å². The second-order valence-electron chi connectivity index (χ2n) is 4.49. The van der Waals surface area contributed by atoms with Crippen molar-refractivity contribution in [3.63, 3.8) is 0 Å². The molecule has 1 aliphatic heterocycles. The summed E-state index contributed by atoms with van der Waals surface area (Å²) in [5.41, 5.74) is 0.300. The summed E-state index contributed by atoms with van der Waals surface area (Å²) in [4.78, 5) is 11.2. The molecule has 0 unspecified atom stereocenters. The van der Waals surface area contributed by atoms with Gasteiger partial charge in [-0.3, -0.25) is 4.79 Å². The van der Waals surface area contributed by atoms with Crippen molar-refractivity contribution < 1.29 is 18.3 Å². The highest BCUT2D eigenvalue weighted by Gasteiger charge is 2.40. The lowest BCUT2D eigenvalue weighted by molar-refractivity contribution is -0.140. The Balaban J connectivity index is 2.12. The van der Waals surface area contributed by atoms with Crippen molar-refractivity contribution in [1.82, 2.24) is 13.9 Å². The van der Waals surface area contributed by atoms with E-state index < -0.39 is 22.0 Å². The third-order valence-corrected chi connectivity index (χ3v) is 5.95. The van der Waals surface area contributed by atoms with Gasteiger partial charge in [0.15, 0.2) is 0 Å². The molecule has 1 aromatic heterocycles. The molecular formula is C11H11N3O4S2. The van der Waals surface area contributed by atoms with Crippen molar-refractivity contribution in [1.29, 1.82) is 0 Å². The Bertz CT molecular complexity index is 771. The Hall–Kier alpha value is -1.58. The van der Waals surface area contributed by atoms with E-state index in [0.29, 0.717) is 23.1 Å².